The second-order valence-electron chi connectivity index (χ2n) is 5.87. The van der Waals surface area contributed by atoms with Gasteiger partial charge in [-0.3, -0.25) is 9.52 Å². The number of anilines is 1. The van der Waals surface area contributed by atoms with E-state index in [4.69, 9.17) is 15.6 Å². The average molecular weight is 352 g/mol. The Balaban J connectivity index is 2.20. The first-order valence-corrected chi connectivity index (χ1v) is 9.04. The van der Waals surface area contributed by atoms with Crippen molar-refractivity contribution in [2.24, 2.45) is 22.2 Å². The second-order valence-corrected chi connectivity index (χ2v) is 7.17. The van der Waals surface area contributed by atoms with Gasteiger partial charge < -0.3 is 10.5 Å². The molecule has 2 rings (SSSR count). The summed E-state index contributed by atoms with van der Waals surface area (Å²) in [5, 5.41) is 14.2. The summed E-state index contributed by atoms with van der Waals surface area (Å²) in [7, 11) is -4.00. The molecule has 1 aliphatic carbocycles. The number of carbonyl (C=O) groups is 1. The highest BCUT2D eigenvalue weighted by Gasteiger charge is 2.53. The Labute approximate surface area is 141 Å². The van der Waals surface area contributed by atoms with Gasteiger partial charge in [0.05, 0.1) is 17.7 Å². The molecule has 0 aromatic heterocycles. The fourth-order valence-corrected chi connectivity index (χ4v) is 3.33. The Bertz CT molecular complexity index is 781. The average Bonchev–Trinajstić information content (AvgIpc) is 3.28. The van der Waals surface area contributed by atoms with Gasteiger partial charge in [0, 0.05) is 5.92 Å². The summed E-state index contributed by atoms with van der Waals surface area (Å²) in [5.41, 5.74) is 5.04. The minimum atomic E-state index is -4.00. The van der Waals surface area contributed by atoms with Gasteiger partial charge in [0.25, 0.3) is 10.2 Å². The van der Waals surface area contributed by atoms with Crippen molar-refractivity contribution in [2.45, 2.75) is 26.2 Å². The number of ether oxygens (including phenoxy) is 1. The van der Waals surface area contributed by atoms with E-state index in [-0.39, 0.29) is 35.4 Å². The van der Waals surface area contributed by atoms with E-state index >= 15 is 0 Å². The molecule has 24 heavy (non-hydrogen) atoms. The molecule has 8 nitrogen and oxygen atoms in total. The summed E-state index contributed by atoms with van der Waals surface area (Å²) in [5.74, 6) is -0.163. The van der Waals surface area contributed by atoms with Crippen molar-refractivity contribution in [3.63, 3.8) is 0 Å². The molecule has 1 aromatic rings. The van der Waals surface area contributed by atoms with Crippen LogP contribution in [0.4, 0.5) is 5.69 Å². The Kier molecular flexibility index (Phi) is 5.01. The second kappa shape index (κ2) is 6.67. The topological polar surface area (TPSA) is 148 Å². The molecule has 9 heteroatoms. The third-order valence-electron chi connectivity index (χ3n) is 4.38. The fraction of sp³-hybridized carbons (Fsp3) is 0.467. The van der Waals surface area contributed by atoms with Crippen molar-refractivity contribution >= 4 is 21.8 Å². The normalized spacial score (nSPS) is 16.7. The number of primary amides is 1. The Morgan fingerprint density at radius 3 is 2.62 bits per heavy atom. The largest absolute Gasteiger partial charge is 0.492 e. The van der Waals surface area contributed by atoms with Crippen molar-refractivity contribution in [3.8, 4) is 11.8 Å². The zero-order valence-electron chi connectivity index (χ0n) is 13.3. The van der Waals surface area contributed by atoms with Crippen LogP contribution in [0.15, 0.2) is 18.2 Å². The van der Waals surface area contributed by atoms with Crippen LogP contribution in [-0.2, 0) is 15.0 Å². The molecule has 1 amide bonds. The summed E-state index contributed by atoms with van der Waals surface area (Å²) in [6, 6.07) is 6.43. The molecule has 5 N–H and O–H groups in total. The van der Waals surface area contributed by atoms with Crippen LogP contribution >= 0.6 is 0 Å². The van der Waals surface area contributed by atoms with Gasteiger partial charge in [-0.2, -0.15) is 13.7 Å². The fourth-order valence-electron chi connectivity index (χ4n) is 2.85. The third-order valence-corrected chi connectivity index (χ3v) is 4.89. The van der Waals surface area contributed by atoms with Gasteiger partial charge >= 0.3 is 0 Å². The van der Waals surface area contributed by atoms with Crippen molar-refractivity contribution < 1.29 is 17.9 Å². The lowest BCUT2D eigenvalue weighted by Gasteiger charge is -2.23. The van der Waals surface area contributed by atoms with Gasteiger partial charge in [-0.15, -0.1) is 0 Å². The number of benzene rings is 1. The number of rotatable bonds is 8. The maximum Gasteiger partial charge on any atom is 0.296 e. The van der Waals surface area contributed by atoms with E-state index in [9.17, 15) is 18.5 Å². The van der Waals surface area contributed by atoms with Crippen LogP contribution in [0.2, 0.25) is 0 Å². The summed E-state index contributed by atoms with van der Waals surface area (Å²) < 4.78 is 30.1. The molecule has 0 aliphatic heterocycles. The van der Waals surface area contributed by atoms with Crippen LogP contribution in [0, 0.1) is 22.7 Å². The van der Waals surface area contributed by atoms with Gasteiger partial charge in [-0.25, -0.2) is 5.14 Å². The Hall–Kier alpha value is -2.31. The molecule has 0 bridgehead atoms. The van der Waals surface area contributed by atoms with Gasteiger partial charge in [0.1, 0.15) is 17.4 Å². The minimum absolute atomic E-state index is 0.0327. The molecule has 1 aromatic carbocycles. The van der Waals surface area contributed by atoms with Crippen LogP contribution in [0.25, 0.3) is 0 Å². The van der Waals surface area contributed by atoms with Crippen molar-refractivity contribution in [1.82, 2.24) is 0 Å². The lowest BCUT2D eigenvalue weighted by molar-refractivity contribution is -0.125. The van der Waals surface area contributed by atoms with E-state index in [0.29, 0.717) is 6.42 Å². The number of nitrogens with zero attached hydrogens (tertiary/aromatic N) is 1. The van der Waals surface area contributed by atoms with E-state index in [2.05, 4.69) is 4.72 Å². The van der Waals surface area contributed by atoms with Crippen LogP contribution in [0.1, 0.15) is 31.7 Å². The van der Waals surface area contributed by atoms with Crippen molar-refractivity contribution in [1.29, 1.82) is 5.26 Å². The Morgan fingerprint density at radius 1 is 1.50 bits per heavy atom. The van der Waals surface area contributed by atoms with Crippen LogP contribution in [0.5, 0.6) is 5.75 Å². The lowest BCUT2D eigenvalue weighted by atomic mass is 9.87. The molecule has 1 unspecified atom stereocenters. The van der Waals surface area contributed by atoms with E-state index in [1.54, 1.807) is 12.1 Å². The minimum Gasteiger partial charge on any atom is -0.492 e. The molecule has 1 atom stereocenters. The van der Waals surface area contributed by atoms with Crippen molar-refractivity contribution in [2.75, 3.05) is 11.3 Å². The van der Waals surface area contributed by atoms with E-state index in [0.717, 1.165) is 12.8 Å². The molecule has 0 radical (unpaired) electrons. The quantitative estimate of drug-likeness (QED) is 0.634. The van der Waals surface area contributed by atoms with Gasteiger partial charge in [0.2, 0.25) is 5.91 Å². The molecule has 1 aliphatic rings. The molecule has 1 saturated carbocycles. The number of nitrogens with one attached hydrogen (secondary N) is 1. The summed E-state index contributed by atoms with van der Waals surface area (Å²) in [6.45, 7) is 2.16. The predicted molar refractivity (Wildman–Crippen MR) is 88.0 cm³/mol. The molecule has 130 valence electrons. The zero-order chi connectivity index (χ0) is 18.0. The Morgan fingerprint density at radius 2 is 2.17 bits per heavy atom. The number of nitrogens with two attached hydrogens (primary N) is 2. The van der Waals surface area contributed by atoms with E-state index in [1.807, 2.05) is 13.0 Å². The maximum absolute atomic E-state index is 11.7. The molecular weight excluding hydrogens is 332 g/mol. The first-order valence-electron chi connectivity index (χ1n) is 7.50. The SMILES string of the molecule is CCC(COc1cccc(NS(N)(=O)=O)c1C#N)C1(C(N)=O)CC1. The number of carbonyl (C=O) groups excluding carboxylic acids is 1. The van der Waals surface area contributed by atoms with Crippen LogP contribution in [0.3, 0.4) is 0 Å². The summed E-state index contributed by atoms with van der Waals surface area (Å²) >= 11 is 0. The third kappa shape index (κ3) is 3.77. The van der Waals surface area contributed by atoms with Crippen LogP contribution in [-0.4, -0.2) is 20.9 Å². The summed E-state index contributed by atoms with van der Waals surface area (Å²) in [4.78, 5) is 11.7. The molecule has 0 heterocycles. The molecule has 1 fully saturated rings. The van der Waals surface area contributed by atoms with Crippen molar-refractivity contribution in [3.05, 3.63) is 23.8 Å². The number of nitriles is 1. The number of amides is 1. The van der Waals surface area contributed by atoms with E-state index in [1.165, 1.54) is 6.07 Å². The molecule has 0 saturated heterocycles. The number of hydrogen-bond acceptors (Lipinski definition) is 5. The molecular formula is C15H20N4O4S. The highest BCUT2D eigenvalue weighted by atomic mass is 32.2. The standard InChI is InChI=1S/C15H20N4O4S/c1-2-10(15(6-7-15)14(17)20)9-23-13-5-3-4-12(11(13)8-16)19-24(18,21)22/h3-5,10,19H,2,6-7,9H2,1H3,(H2,17,20)(H2,18,21,22). The highest BCUT2D eigenvalue weighted by molar-refractivity contribution is 7.90. The first-order chi connectivity index (χ1) is 11.2. The summed E-state index contributed by atoms with van der Waals surface area (Å²) in [6.07, 6.45) is 2.19. The van der Waals surface area contributed by atoms with E-state index < -0.39 is 15.6 Å². The zero-order valence-corrected chi connectivity index (χ0v) is 14.1. The highest BCUT2D eigenvalue weighted by Crippen LogP contribution is 2.53. The van der Waals surface area contributed by atoms with Gasteiger partial charge in [-0.1, -0.05) is 13.0 Å². The molecule has 0 spiro atoms. The van der Waals surface area contributed by atoms with Crippen LogP contribution < -0.4 is 20.3 Å². The van der Waals surface area contributed by atoms with Gasteiger partial charge in [0.15, 0.2) is 0 Å². The monoisotopic (exact) mass is 352 g/mol. The maximum atomic E-state index is 11.7. The lowest BCUT2D eigenvalue weighted by Crippen LogP contribution is -2.34. The smallest absolute Gasteiger partial charge is 0.296 e. The predicted octanol–water partition coefficient (Wildman–Crippen LogP) is 0.844. The number of hydrogen-bond donors (Lipinski definition) is 3. The first kappa shape index (κ1) is 18.0. The van der Waals surface area contributed by atoms with Gasteiger partial charge in [-0.05, 0) is 31.4 Å².